The zero-order valence-electron chi connectivity index (χ0n) is 69.3. The van der Waals surface area contributed by atoms with Gasteiger partial charge in [0.1, 0.15) is 5.75 Å². The van der Waals surface area contributed by atoms with Crippen LogP contribution in [0.1, 0.15) is 164 Å². The lowest BCUT2D eigenvalue weighted by atomic mass is 9.93. The number of hydrogen-bond donors (Lipinski definition) is 20. The fourth-order valence-corrected chi connectivity index (χ4v) is 18.4. The summed E-state index contributed by atoms with van der Waals surface area (Å²) in [6.07, 6.45) is 7.16. The number of nitrogens with two attached hydrogens (primary N) is 1. The summed E-state index contributed by atoms with van der Waals surface area (Å²) in [7, 11) is 0. The smallest absolute Gasteiger partial charge is 0.226 e. The molecule has 21 atom stereocenters. The third kappa shape index (κ3) is 26.7. The van der Waals surface area contributed by atoms with E-state index in [-0.39, 0.29) is 184 Å². The second-order valence-corrected chi connectivity index (χ2v) is 35.7. The van der Waals surface area contributed by atoms with Gasteiger partial charge in [-0.25, -0.2) is 0 Å². The Bertz CT molecular complexity index is 3590. The molecule has 21 N–H and O–H groups in total. The third-order valence-electron chi connectivity index (χ3n) is 24.6. The van der Waals surface area contributed by atoms with Crippen molar-refractivity contribution in [3.63, 3.8) is 0 Å². The van der Waals surface area contributed by atoms with Crippen LogP contribution in [0.5, 0.6) is 5.75 Å². The maximum atomic E-state index is 14.5. The number of aromatic hydroxyl groups is 1. The predicted molar refractivity (Wildman–Crippen MR) is 432 cm³/mol. The molecule has 8 aliphatic rings. The van der Waals surface area contributed by atoms with Crippen molar-refractivity contribution in [3.8, 4) is 5.75 Å². The first kappa shape index (κ1) is 91.3. The van der Waals surface area contributed by atoms with Crippen molar-refractivity contribution in [1.29, 1.82) is 0 Å². The molecule has 0 spiro atoms. The Morgan fingerprint density at radius 1 is 0.379 bits per heavy atom. The molecule has 14 amide bonds. The predicted octanol–water partition coefficient (Wildman–Crippen LogP) is -2.30. The van der Waals surface area contributed by atoms with Crippen LogP contribution in [0.25, 0.3) is 0 Å². The maximum absolute atomic E-state index is 14.5. The molecule has 5 aliphatic heterocycles. The number of rotatable bonds is 40. The van der Waals surface area contributed by atoms with E-state index < -0.39 is 125 Å². The minimum absolute atomic E-state index is 0.0305. The fraction of sp³-hybridized carbons (Fsp3) is 0.756. The average Bonchev–Trinajstić information content (AvgIpc) is 1.68. The van der Waals surface area contributed by atoms with E-state index in [2.05, 4.69) is 95.7 Å². The number of hydrogen-bond acceptors (Lipinski definition) is 20. The van der Waals surface area contributed by atoms with E-state index in [9.17, 15) is 72.2 Å². The largest absolute Gasteiger partial charge is 0.508 e. The van der Waals surface area contributed by atoms with Gasteiger partial charge in [0.2, 0.25) is 82.7 Å². The topological polar surface area (TPSA) is 502 Å². The summed E-state index contributed by atoms with van der Waals surface area (Å²) in [6.45, 7) is 20.1. The molecular weight excluding hydrogens is 1490 g/mol. The van der Waals surface area contributed by atoms with Crippen LogP contribution in [-0.4, -0.2) is 233 Å². The molecule has 3 saturated carbocycles. The van der Waals surface area contributed by atoms with Gasteiger partial charge in [0.15, 0.2) is 0 Å². The lowest BCUT2D eigenvalue weighted by Gasteiger charge is -2.28. The highest BCUT2D eigenvalue weighted by Crippen LogP contribution is 2.31. The van der Waals surface area contributed by atoms with Crippen molar-refractivity contribution in [2.45, 2.75) is 232 Å². The van der Waals surface area contributed by atoms with Crippen LogP contribution >= 0.6 is 0 Å². The monoisotopic (exact) mass is 1620 g/mol. The van der Waals surface area contributed by atoms with E-state index >= 15 is 0 Å². The van der Waals surface area contributed by atoms with Gasteiger partial charge in [0, 0.05) is 141 Å². The van der Waals surface area contributed by atoms with Crippen molar-refractivity contribution in [2.24, 2.45) is 88.6 Å². The maximum Gasteiger partial charge on any atom is 0.226 e. The summed E-state index contributed by atoms with van der Waals surface area (Å²) in [5.41, 5.74) is 6.26. The summed E-state index contributed by atoms with van der Waals surface area (Å²) in [5.74, 6) is -10.8. The van der Waals surface area contributed by atoms with Gasteiger partial charge >= 0.3 is 0 Å². The first-order valence-electron chi connectivity index (χ1n) is 42.7. The first-order valence-corrected chi connectivity index (χ1v) is 42.7. The highest BCUT2D eigenvalue weighted by molar-refractivity contribution is 5.90. The highest BCUT2D eigenvalue weighted by atomic mass is 16.3. The Hall–Kier alpha value is -8.60. The van der Waals surface area contributed by atoms with E-state index in [1.54, 1.807) is 12.1 Å². The standard InChI is InChI=1S/C82H133N19O15/c1-42(2)23-48(30-89-76(110)53-13-10-17-62(53)94-70(104)27-50(24-43(3)4)92-78(112)55-15-12-16-61(55)91-46(9)102)74(108)98-66-38-86-34-58(66)81(115)100-68-40-85-33-57(68)79(113)93-51(25-44(5)6)28-71(105)95-63-18-11-14-54(63)77(111)90-31-49(26-47-19-21-52(103)22-20-47)75(109)99-67-39-87-35-59(67)82(116)101-69-41-88-36-60(69)80(114)97-64(45(7)8)29-72(106)96-65-37-84-32-56(65)73(83)107/h19-22,42-45,48-51,53-69,84-88,103H,10-18,23-41H2,1-9H3,(H2,83,107)(H,89,110)(H,90,111)(H,91,102)(H,92,112)(H,93,113)(H,94,104)(H,95,105)(H,96,106)(H,97,114)(H,98,108)(H,99,109)(H,100,115)(H,101,116)/t48-,49-,50-,51-,53?,54?,55?,56?,57?,58?,59?,60?,61?,62?,63?,64+,65?,66?,67?,68?,69?/m0/s1. The molecule has 5 saturated heterocycles. The van der Waals surface area contributed by atoms with Crippen molar-refractivity contribution in [3.05, 3.63) is 29.8 Å². The molecule has 0 aromatic heterocycles. The molecule has 0 bridgehead atoms. The summed E-state index contributed by atoms with van der Waals surface area (Å²) >= 11 is 0. The Balaban J connectivity index is 0.729. The lowest BCUT2D eigenvalue weighted by molar-refractivity contribution is -0.132. The first-order chi connectivity index (χ1) is 55.3. The van der Waals surface area contributed by atoms with Gasteiger partial charge in [-0.15, -0.1) is 0 Å². The highest BCUT2D eigenvalue weighted by Gasteiger charge is 2.46. The number of phenols is 1. The Kier molecular flexibility index (Phi) is 34.4. The molecule has 16 unspecified atom stereocenters. The van der Waals surface area contributed by atoms with Crippen LogP contribution in [0.2, 0.25) is 0 Å². The van der Waals surface area contributed by atoms with Crippen LogP contribution in [0.4, 0.5) is 0 Å². The lowest BCUT2D eigenvalue weighted by Crippen LogP contribution is -2.54. The number of carbonyl (C=O) groups is 14. The Labute approximate surface area is 681 Å². The zero-order chi connectivity index (χ0) is 84.0. The molecule has 34 nitrogen and oxygen atoms in total. The second-order valence-electron chi connectivity index (χ2n) is 35.7. The van der Waals surface area contributed by atoms with Crippen LogP contribution < -0.4 is 101 Å². The van der Waals surface area contributed by atoms with E-state index in [0.717, 1.165) is 6.42 Å². The molecule has 1 aromatic carbocycles. The van der Waals surface area contributed by atoms with Gasteiger partial charge in [-0.2, -0.15) is 0 Å². The summed E-state index contributed by atoms with van der Waals surface area (Å²) in [6, 6.07) is 0.571. The second kappa shape index (κ2) is 43.7. The van der Waals surface area contributed by atoms with Gasteiger partial charge in [-0.05, 0) is 106 Å². The summed E-state index contributed by atoms with van der Waals surface area (Å²) in [4.78, 5) is 192. The molecule has 9 rings (SSSR count). The van der Waals surface area contributed by atoms with Crippen LogP contribution in [0, 0.1) is 82.9 Å². The van der Waals surface area contributed by atoms with Crippen LogP contribution in [0.3, 0.4) is 0 Å². The summed E-state index contributed by atoms with van der Waals surface area (Å²) < 4.78 is 0. The average molecular weight is 1630 g/mol. The van der Waals surface area contributed by atoms with Crippen LogP contribution in [-0.2, 0) is 73.5 Å². The van der Waals surface area contributed by atoms with Crippen molar-refractivity contribution in [1.82, 2.24) is 95.7 Å². The van der Waals surface area contributed by atoms with Crippen molar-refractivity contribution < 1.29 is 72.2 Å². The minimum atomic E-state index is -0.844. The number of benzene rings is 1. The molecule has 3 aliphatic carbocycles. The van der Waals surface area contributed by atoms with E-state index in [4.69, 9.17) is 5.73 Å². The number of nitrogens with one attached hydrogen (secondary N) is 18. The number of carbonyl (C=O) groups excluding carboxylic acids is 14. The molecule has 5 heterocycles. The Morgan fingerprint density at radius 2 is 0.733 bits per heavy atom. The van der Waals surface area contributed by atoms with Gasteiger partial charge in [-0.3, -0.25) is 67.1 Å². The molecular formula is C82H133N19O15. The molecule has 646 valence electrons. The van der Waals surface area contributed by atoms with Crippen molar-refractivity contribution in [2.75, 3.05) is 78.5 Å². The van der Waals surface area contributed by atoms with Gasteiger partial charge in [-0.1, -0.05) is 86.8 Å². The Morgan fingerprint density at radius 3 is 1.16 bits per heavy atom. The quantitative estimate of drug-likeness (QED) is 0.0329. The van der Waals surface area contributed by atoms with Gasteiger partial charge in [0.05, 0.1) is 89.4 Å². The van der Waals surface area contributed by atoms with E-state index in [1.807, 2.05) is 55.4 Å². The normalized spacial score (nSPS) is 28.2. The zero-order valence-corrected chi connectivity index (χ0v) is 69.3. The SMILES string of the molecule is CC(=O)NC1CCCC1C(=O)N[C@H](CC(=O)NC1CCCC1C(=O)NC[C@H](CC(C)C)C(=O)NC1CNCC1C(=O)NC1CNCC1C(=O)N[C@H](CC(=O)NC1CCCC1C(=O)NC[C@H](Cc1ccc(O)cc1)C(=O)NC1CNCC1C(=O)NC1CNCC1C(=O)N[C@H](CC(=O)NC1CNCC1C(N)=O)C(C)C)CC(C)C)CC(C)C. The summed E-state index contributed by atoms with van der Waals surface area (Å²) in [5, 5.41) is 65.7. The number of amides is 14. The van der Waals surface area contributed by atoms with Gasteiger partial charge < -0.3 is 107 Å². The van der Waals surface area contributed by atoms with Gasteiger partial charge in [0.25, 0.3) is 0 Å². The molecule has 0 radical (unpaired) electrons. The minimum Gasteiger partial charge on any atom is -0.508 e. The number of primary amides is 1. The van der Waals surface area contributed by atoms with Crippen LogP contribution in [0.15, 0.2) is 24.3 Å². The molecule has 1 aromatic rings. The third-order valence-corrected chi connectivity index (χ3v) is 24.6. The number of phenolic OH excluding ortho intramolecular Hbond substituents is 1. The van der Waals surface area contributed by atoms with Crippen molar-refractivity contribution >= 4 is 82.7 Å². The van der Waals surface area contributed by atoms with E-state index in [0.29, 0.717) is 109 Å². The molecule has 8 fully saturated rings. The molecule has 116 heavy (non-hydrogen) atoms. The van der Waals surface area contributed by atoms with E-state index in [1.165, 1.54) is 19.1 Å². The fourth-order valence-electron chi connectivity index (χ4n) is 18.4. The molecule has 34 heteroatoms.